The van der Waals surface area contributed by atoms with Crippen LogP contribution < -0.4 is 10.2 Å². The molecule has 0 amide bonds. The van der Waals surface area contributed by atoms with Gasteiger partial charge in [0.25, 0.3) is 0 Å². The van der Waals surface area contributed by atoms with Gasteiger partial charge in [0, 0.05) is 37.6 Å². The Balaban J connectivity index is 1.33. The average Bonchev–Trinajstić information content (AvgIpc) is 3.13. The Morgan fingerprint density at radius 3 is 2.77 bits per heavy atom. The molecule has 5 rings (SSSR count). The molecule has 2 aromatic rings. The molecule has 138 valence electrons. The number of aromatic nitrogens is 4. The highest BCUT2D eigenvalue weighted by Gasteiger charge is 2.29. The van der Waals surface area contributed by atoms with E-state index < -0.39 is 0 Å². The van der Waals surface area contributed by atoms with Crippen molar-refractivity contribution in [2.24, 2.45) is 0 Å². The molecule has 2 saturated heterocycles. The second-order valence-electron chi connectivity index (χ2n) is 7.54. The second kappa shape index (κ2) is 6.51. The Kier molecular flexibility index (Phi) is 4.01. The number of H-pyrrole nitrogens is 1. The minimum atomic E-state index is -0.278. The molecule has 3 aliphatic rings. The number of nitrogens with one attached hydrogen (secondary N) is 2. The zero-order valence-corrected chi connectivity index (χ0v) is 14.7. The predicted octanol–water partition coefficient (Wildman–Crippen LogP) is 1.37. The summed E-state index contributed by atoms with van der Waals surface area (Å²) in [5.41, 5.74) is 3.25. The Morgan fingerprint density at radius 2 is 2.04 bits per heavy atom. The van der Waals surface area contributed by atoms with Gasteiger partial charge >= 0.3 is 0 Å². The lowest BCUT2D eigenvalue weighted by atomic mass is 10.0. The van der Waals surface area contributed by atoms with E-state index in [2.05, 4.69) is 26.6 Å². The first-order chi connectivity index (χ1) is 12.7. The molecule has 0 bridgehead atoms. The minimum Gasteiger partial charge on any atom is -0.389 e. The highest BCUT2D eigenvalue weighted by molar-refractivity contribution is 5.46. The highest BCUT2D eigenvalue weighted by Crippen LogP contribution is 2.39. The smallest absolute Gasteiger partial charge is 0.227 e. The van der Waals surface area contributed by atoms with Crippen LogP contribution in [0.2, 0.25) is 0 Å². The van der Waals surface area contributed by atoms with Crippen molar-refractivity contribution in [1.82, 2.24) is 20.2 Å². The van der Waals surface area contributed by atoms with Crippen molar-refractivity contribution in [3.05, 3.63) is 29.2 Å². The van der Waals surface area contributed by atoms with Gasteiger partial charge in [-0.15, -0.1) is 0 Å². The number of hydrogen-bond acceptors (Lipinski definition) is 7. The van der Waals surface area contributed by atoms with Crippen LogP contribution in [-0.4, -0.2) is 57.7 Å². The van der Waals surface area contributed by atoms with Gasteiger partial charge in [-0.25, -0.2) is 4.98 Å². The molecule has 0 unspecified atom stereocenters. The van der Waals surface area contributed by atoms with Crippen LogP contribution in [0.5, 0.6) is 0 Å². The first-order valence-corrected chi connectivity index (χ1v) is 9.42. The van der Waals surface area contributed by atoms with E-state index in [-0.39, 0.29) is 6.10 Å². The zero-order chi connectivity index (χ0) is 17.5. The van der Waals surface area contributed by atoms with Crippen LogP contribution in [0.3, 0.4) is 0 Å². The summed E-state index contributed by atoms with van der Waals surface area (Å²) >= 11 is 0. The summed E-state index contributed by atoms with van der Waals surface area (Å²) in [5, 5.41) is 20.5. The van der Waals surface area contributed by atoms with Crippen molar-refractivity contribution >= 4 is 11.8 Å². The second-order valence-corrected chi connectivity index (χ2v) is 7.54. The Labute approximate surface area is 152 Å². The van der Waals surface area contributed by atoms with Gasteiger partial charge < -0.3 is 20.1 Å². The summed E-state index contributed by atoms with van der Waals surface area (Å²) in [5.74, 6) is 2.46. The summed E-state index contributed by atoms with van der Waals surface area (Å²) < 4.78 is 5.52. The molecule has 2 aromatic heterocycles. The number of aliphatic hydroxyl groups is 1. The largest absolute Gasteiger partial charge is 0.389 e. The first-order valence-electron chi connectivity index (χ1n) is 9.42. The number of anilines is 2. The van der Waals surface area contributed by atoms with E-state index in [9.17, 15) is 5.11 Å². The van der Waals surface area contributed by atoms with E-state index in [0.717, 1.165) is 30.2 Å². The van der Waals surface area contributed by atoms with Gasteiger partial charge in [-0.1, -0.05) is 0 Å². The first kappa shape index (κ1) is 16.0. The van der Waals surface area contributed by atoms with Gasteiger partial charge in [0.2, 0.25) is 5.95 Å². The minimum absolute atomic E-state index is 0.278. The number of ether oxygens (including phenoxy) is 1. The third-order valence-electron chi connectivity index (χ3n) is 5.33. The van der Waals surface area contributed by atoms with Crippen molar-refractivity contribution in [3.63, 3.8) is 0 Å². The van der Waals surface area contributed by atoms with Crippen LogP contribution in [0.25, 0.3) is 0 Å². The van der Waals surface area contributed by atoms with Crippen molar-refractivity contribution < 1.29 is 9.84 Å². The molecular formula is C18H24N6O2. The monoisotopic (exact) mass is 356 g/mol. The maximum Gasteiger partial charge on any atom is 0.227 e. The molecule has 0 spiro atoms. The van der Waals surface area contributed by atoms with Gasteiger partial charge in [-0.05, 0) is 25.3 Å². The number of hydrogen-bond donors (Lipinski definition) is 3. The Hall–Kier alpha value is -2.19. The lowest BCUT2D eigenvalue weighted by Crippen LogP contribution is -2.51. The summed E-state index contributed by atoms with van der Waals surface area (Å²) in [6.45, 7) is 3.33. The van der Waals surface area contributed by atoms with Crippen LogP contribution >= 0.6 is 0 Å². The third-order valence-corrected chi connectivity index (χ3v) is 5.33. The fraction of sp³-hybridized carbons (Fsp3) is 0.611. The van der Waals surface area contributed by atoms with Crippen molar-refractivity contribution in [1.29, 1.82) is 0 Å². The molecule has 1 atom stereocenters. The van der Waals surface area contributed by atoms with Crippen LogP contribution in [0.1, 0.15) is 48.2 Å². The number of β-amino-alcohol motifs (C(OH)–C–C–N with tert-alkyl or cyclic N) is 1. The van der Waals surface area contributed by atoms with E-state index in [1.807, 2.05) is 11.0 Å². The number of nitrogens with zero attached hydrogens (tertiary/aromatic N) is 4. The van der Waals surface area contributed by atoms with Crippen molar-refractivity contribution in [2.45, 2.75) is 43.7 Å². The van der Waals surface area contributed by atoms with E-state index in [4.69, 9.17) is 9.72 Å². The third kappa shape index (κ3) is 3.26. The van der Waals surface area contributed by atoms with E-state index in [0.29, 0.717) is 44.0 Å². The van der Waals surface area contributed by atoms with Gasteiger partial charge in [0.05, 0.1) is 36.3 Å². The Bertz CT molecular complexity index is 778. The lowest BCUT2D eigenvalue weighted by molar-refractivity contribution is 0.140. The lowest BCUT2D eigenvalue weighted by Gasteiger charge is -2.36. The summed E-state index contributed by atoms with van der Waals surface area (Å²) in [7, 11) is 0. The molecule has 2 aliphatic heterocycles. The molecule has 26 heavy (non-hydrogen) atoms. The van der Waals surface area contributed by atoms with Crippen LogP contribution in [0, 0.1) is 0 Å². The molecule has 3 fully saturated rings. The molecule has 4 heterocycles. The predicted molar refractivity (Wildman–Crippen MR) is 96.3 cm³/mol. The van der Waals surface area contributed by atoms with Crippen LogP contribution in [-0.2, 0) is 11.3 Å². The number of rotatable bonds is 6. The summed E-state index contributed by atoms with van der Waals surface area (Å²) in [6, 6.07) is 4.17. The normalized spacial score (nSPS) is 23.3. The molecule has 1 saturated carbocycles. The van der Waals surface area contributed by atoms with Crippen LogP contribution in [0.4, 0.5) is 11.8 Å². The highest BCUT2D eigenvalue weighted by atomic mass is 16.5. The quantitative estimate of drug-likeness (QED) is 0.719. The molecular weight excluding hydrogens is 332 g/mol. The van der Waals surface area contributed by atoms with Gasteiger partial charge in [0.15, 0.2) is 0 Å². The zero-order valence-electron chi connectivity index (χ0n) is 14.7. The van der Waals surface area contributed by atoms with E-state index >= 15 is 0 Å². The molecule has 0 aromatic carbocycles. The van der Waals surface area contributed by atoms with E-state index in [1.54, 1.807) is 0 Å². The molecule has 8 heteroatoms. The molecule has 3 N–H and O–H groups in total. The number of aromatic amines is 1. The molecule has 0 radical (unpaired) electrons. The van der Waals surface area contributed by atoms with Crippen LogP contribution in [0.15, 0.2) is 12.1 Å². The summed E-state index contributed by atoms with van der Waals surface area (Å²) in [4.78, 5) is 11.4. The topological polar surface area (TPSA) is 99.2 Å². The van der Waals surface area contributed by atoms with Gasteiger partial charge in [-0.2, -0.15) is 10.1 Å². The van der Waals surface area contributed by atoms with Crippen molar-refractivity contribution in [2.75, 3.05) is 36.5 Å². The van der Waals surface area contributed by atoms with Gasteiger partial charge in [-0.3, -0.25) is 5.10 Å². The van der Waals surface area contributed by atoms with E-state index in [1.165, 1.54) is 18.5 Å². The fourth-order valence-corrected chi connectivity index (χ4v) is 3.52. The molecule has 8 nitrogen and oxygen atoms in total. The van der Waals surface area contributed by atoms with Gasteiger partial charge in [0.1, 0.15) is 5.82 Å². The fourth-order valence-electron chi connectivity index (χ4n) is 3.52. The Morgan fingerprint density at radius 1 is 1.15 bits per heavy atom. The SMILES string of the molecule is OC1CN(c2nc(NCc3cc(C4CC4)n[nH]3)cc([C@H]3CCOC3)n2)C1. The maximum atomic E-state index is 9.59. The average molecular weight is 356 g/mol. The molecule has 1 aliphatic carbocycles. The van der Waals surface area contributed by atoms with Crippen molar-refractivity contribution in [3.8, 4) is 0 Å². The number of aliphatic hydroxyl groups excluding tert-OH is 1. The summed E-state index contributed by atoms with van der Waals surface area (Å²) in [6.07, 6.45) is 3.21. The standard InChI is InChI=1S/C18H24N6O2/c25-14-8-24(9-14)18-20-15(12-3-4-26-10-12)6-17(21-18)19-7-13-5-16(23-22-13)11-1-2-11/h5-6,11-12,14,25H,1-4,7-10H2,(H,22,23)(H,19,20,21)/t12-/m0/s1. The maximum absolute atomic E-state index is 9.59.